The van der Waals surface area contributed by atoms with Gasteiger partial charge in [-0.05, 0) is 30.6 Å². The minimum Gasteiger partial charge on any atom is -0.479 e. The number of halogens is 2. The SMILES string of the molecule is O=C(O)C(Cl)(Br)CCCCSCc1ccccc1. The molecule has 1 unspecified atom stereocenters. The molecule has 100 valence electrons. The highest BCUT2D eigenvalue weighted by molar-refractivity contribution is 9.10. The van der Waals surface area contributed by atoms with Crippen LogP contribution in [0.4, 0.5) is 0 Å². The molecule has 1 aromatic rings. The average Bonchev–Trinajstić information content (AvgIpc) is 2.34. The highest BCUT2D eigenvalue weighted by Crippen LogP contribution is 2.30. The third-order valence-corrected chi connectivity index (χ3v) is 4.66. The first-order chi connectivity index (χ1) is 8.52. The summed E-state index contributed by atoms with van der Waals surface area (Å²) < 4.78 is -1.29. The van der Waals surface area contributed by atoms with Gasteiger partial charge in [0.15, 0.2) is 3.78 Å². The molecule has 0 fully saturated rings. The topological polar surface area (TPSA) is 37.3 Å². The van der Waals surface area contributed by atoms with Crippen molar-refractivity contribution in [2.75, 3.05) is 5.75 Å². The van der Waals surface area contributed by atoms with Gasteiger partial charge in [0, 0.05) is 5.75 Å². The smallest absolute Gasteiger partial charge is 0.335 e. The summed E-state index contributed by atoms with van der Waals surface area (Å²) in [6.45, 7) is 0. The van der Waals surface area contributed by atoms with Gasteiger partial charge in [0.2, 0.25) is 0 Å². The van der Waals surface area contributed by atoms with Gasteiger partial charge in [-0.3, -0.25) is 0 Å². The van der Waals surface area contributed by atoms with Crippen LogP contribution in [0.1, 0.15) is 24.8 Å². The molecule has 18 heavy (non-hydrogen) atoms. The summed E-state index contributed by atoms with van der Waals surface area (Å²) >= 11 is 10.7. The molecule has 0 aliphatic rings. The molecule has 1 rings (SSSR count). The largest absolute Gasteiger partial charge is 0.479 e. The molecular formula is C13H16BrClO2S. The molecule has 2 nitrogen and oxygen atoms in total. The van der Waals surface area contributed by atoms with Crippen LogP contribution in [0.5, 0.6) is 0 Å². The zero-order valence-electron chi connectivity index (χ0n) is 9.94. The van der Waals surface area contributed by atoms with Crippen LogP contribution in [0, 0.1) is 0 Å². The van der Waals surface area contributed by atoms with Crippen LogP contribution in [0.25, 0.3) is 0 Å². The van der Waals surface area contributed by atoms with E-state index in [0.29, 0.717) is 6.42 Å². The number of thioether (sulfide) groups is 1. The lowest BCUT2D eigenvalue weighted by Gasteiger charge is -2.13. The quantitative estimate of drug-likeness (QED) is 0.553. The van der Waals surface area contributed by atoms with Gasteiger partial charge in [-0.2, -0.15) is 11.8 Å². The van der Waals surface area contributed by atoms with Crippen molar-refractivity contribution in [1.29, 1.82) is 0 Å². The van der Waals surface area contributed by atoms with Gasteiger partial charge in [-0.25, -0.2) is 4.79 Å². The van der Waals surface area contributed by atoms with E-state index in [9.17, 15) is 4.79 Å². The fourth-order valence-corrected chi connectivity index (χ4v) is 2.82. The summed E-state index contributed by atoms with van der Waals surface area (Å²) in [7, 11) is 0. The van der Waals surface area contributed by atoms with Gasteiger partial charge in [-0.1, -0.05) is 57.9 Å². The van der Waals surface area contributed by atoms with Gasteiger partial charge < -0.3 is 5.11 Å². The van der Waals surface area contributed by atoms with Crippen molar-refractivity contribution in [2.24, 2.45) is 0 Å². The Morgan fingerprint density at radius 1 is 1.33 bits per heavy atom. The molecule has 0 radical (unpaired) electrons. The number of hydrogen-bond acceptors (Lipinski definition) is 2. The zero-order chi connectivity index (χ0) is 13.4. The molecule has 0 saturated carbocycles. The Bertz CT molecular complexity index is 371. The van der Waals surface area contributed by atoms with E-state index in [1.807, 2.05) is 30.0 Å². The Kier molecular flexibility index (Phi) is 7.12. The van der Waals surface area contributed by atoms with Crippen LogP contribution in [0.3, 0.4) is 0 Å². The number of unbranched alkanes of at least 4 members (excludes halogenated alkanes) is 1. The summed E-state index contributed by atoms with van der Waals surface area (Å²) in [4.78, 5) is 10.7. The first-order valence-corrected chi connectivity index (χ1v) is 8.08. The molecule has 5 heteroatoms. The normalized spacial score (nSPS) is 14.1. The first kappa shape index (κ1) is 15.9. The number of carboxylic acid groups (broad SMARTS) is 1. The number of rotatable bonds is 8. The third kappa shape index (κ3) is 6.12. The molecule has 0 aromatic heterocycles. The maximum Gasteiger partial charge on any atom is 0.335 e. The van der Waals surface area contributed by atoms with Crippen LogP contribution in [-0.2, 0) is 10.5 Å². The molecule has 1 atom stereocenters. The Balaban J connectivity index is 2.08. The molecule has 0 bridgehead atoms. The van der Waals surface area contributed by atoms with Crippen LogP contribution < -0.4 is 0 Å². The lowest BCUT2D eigenvalue weighted by molar-refractivity contribution is -0.137. The van der Waals surface area contributed by atoms with Crippen molar-refractivity contribution in [2.45, 2.75) is 28.8 Å². The fourth-order valence-electron chi connectivity index (χ4n) is 1.42. The molecular weight excluding hydrogens is 336 g/mol. The second-order valence-corrected chi connectivity index (χ2v) is 7.57. The van der Waals surface area contributed by atoms with E-state index in [1.165, 1.54) is 5.56 Å². The zero-order valence-corrected chi connectivity index (χ0v) is 13.1. The van der Waals surface area contributed by atoms with E-state index in [2.05, 4.69) is 28.1 Å². The summed E-state index contributed by atoms with van der Waals surface area (Å²) in [6, 6.07) is 10.3. The molecule has 0 heterocycles. The monoisotopic (exact) mass is 350 g/mol. The van der Waals surface area contributed by atoms with E-state index in [1.54, 1.807) is 0 Å². The molecule has 1 aromatic carbocycles. The average molecular weight is 352 g/mol. The standard InChI is InChI=1S/C13H16BrClO2S/c14-13(15,12(16)17)8-4-5-9-18-10-11-6-2-1-3-7-11/h1-3,6-7H,4-5,8-10H2,(H,16,17). The highest BCUT2D eigenvalue weighted by atomic mass is 79.9. The number of hydrogen-bond donors (Lipinski definition) is 1. The minimum atomic E-state index is -1.29. The number of aliphatic carboxylic acids is 1. The Morgan fingerprint density at radius 2 is 2.00 bits per heavy atom. The summed E-state index contributed by atoms with van der Waals surface area (Å²) in [5.41, 5.74) is 1.32. The molecule has 0 saturated heterocycles. The maximum absolute atomic E-state index is 10.7. The second-order valence-electron chi connectivity index (χ2n) is 4.00. The van der Waals surface area contributed by atoms with Crippen molar-refractivity contribution in [3.63, 3.8) is 0 Å². The predicted molar refractivity (Wildman–Crippen MR) is 81.6 cm³/mol. The fraction of sp³-hybridized carbons (Fsp3) is 0.462. The van der Waals surface area contributed by atoms with Gasteiger partial charge in [0.05, 0.1) is 0 Å². The Hall–Kier alpha value is -0.190. The molecule has 0 aliphatic carbocycles. The van der Waals surface area contributed by atoms with Crippen molar-refractivity contribution in [3.05, 3.63) is 35.9 Å². The number of alkyl halides is 2. The minimum absolute atomic E-state index is 0.440. The summed E-state index contributed by atoms with van der Waals surface area (Å²) in [6.07, 6.45) is 2.23. The Labute approximate surface area is 125 Å². The number of carboxylic acids is 1. The van der Waals surface area contributed by atoms with Gasteiger partial charge in [0.1, 0.15) is 0 Å². The van der Waals surface area contributed by atoms with Crippen molar-refractivity contribution < 1.29 is 9.90 Å². The van der Waals surface area contributed by atoms with Crippen LogP contribution in [0.2, 0.25) is 0 Å². The lowest BCUT2D eigenvalue weighted by Crippen LogP contribution is -2.24. The Morgan fingerprint density at radius 3 is 2.61 bits per heavy atom. The van der Waals surface area contributed by atoms with Gasteiger partial charge in [-0.15, -0.1) is 0 Å². The van der Waals surface area contributed by atoms with E-state index >= 15 is 0 Å². The molecule has 0 aliphatic heterocycles. The van der Waals surface area contributed by atoms with Gasteiger partial charge >= 0.3 is 5.97 Å². The third-order valence-electron chi connectivity index (χ3n) is 2.45. The van der Waals surface area contributed by atoms with Crippen LogP contribution in [-0.4, -0.2) is 20.6 Å². The van der Waals surface area contributed by atoms with Crippen LogP contribution in [0.15, 0.2) is 30.3 Å². The molecule has 0 spiro atoms. The van der Waals surface area contributed by atoms with E-state index < -0.39 is 9.75 Å². The van der Waals surface area contributed by atoms with E-state index in [0.717, 1.165) is 24.3 Å². The first-order valence-electron chi connectivity index (χ1n) is 5.75. The van der Waals surface area contributed by atoms with Crippen LogP contribution >= 0.6 is 39.3 Å². The van der Waals surface area contributed by atoms with E-state index in [-0.39, 0.29) is 0 Å². The summed E-state index contributed by atoms with van der Waals surface area (Å²) in [5.74, 6) is 1.01. The predicted octanol–water partition coefficient (Wildman–Crippen LogP) is 4.50. The van der Waals surface area contributed by atoms with E-state index in [4.69, 9.17) is 16.7 Å². The number of carbonyl (C=O) groups is 1. The summed E-state index contributed by atoms with van der Waals surface area (Å²) in [5, 5.41) is 8.81. The van der Waals surface area contributed by atoms with Crippen molar-refractivity contribution in [1.82, 2.24) is 0 Å². The highest BCUT2D eigenvalue weighted by Gasteiger charge is 2.31. The number of benzene rings is 1. The maximum atomic E-state index is 10.7. The molecule has 1 N–H and O–H groups in total. The second kappa shape index (κ2) is 8.08. The van der Waals surface area contributed by atoms with Crippen molar-refractivity contribution in [3.8, 4) is 0 Å². The lowest BCUT2D eigenvalue weighted by atomic mass is 10.2. The van der Waals surface area contributed by atoms with Crippen molar-refractivity contribution >= 4 is 45.3 Å². The molecule has 0 amide bonds. The van der Waals surface area contributed by atoms with Gasteiger partial charge in [0.25, 0.3) is 0 Å².